The first-order valence-corrected chi connectivity index (χ1v) is 15.3. The van der Waals surface area contributed by atoms with Gasteiger partial charge in [0, 0.05) is 54.4 Å². The van der Waals surface area contributed by atoms with Crippen molar-refractivity contribution >= 4 is 63.0 Å². The van der Waals surface area contributed by atoms with Gasteiger partial charge in [0.1, 0.15) is 5.69 Å². The molecule has 2 aromatic carbocycles. The second kappa shape index (κ2) is 17.3. The summed E-state index contributed by atoms with van der Waals surface area (Å²) in [6, 6.07) is 16.1. The van der Waals surface area contributed by atoms with E-state index in [4.69, 9.17) is 15.9 Å². The van der Waals surface area contributed by atoms with Gasteiger partial charge in [-0.1, -0.05) is 24.1 Å². The van der Waals surface area contributed by atoms with Crippen LogP contribution in [0.25, 0.3) is 21.8 Å². The van der Waals surface area contributed by atoms with Gasteiger partial charge in [-0.05, 0) is 42.3 Å². The van der Waals surface area contributed by atoms with Crippen LogP contribution < -0.4 is 11.1 Å². The van der Waals surface area contributed by atoms with Crippen LogP contribution >= 0.6 is 0 Å². The molecular formula is C34H35N7O9. The molecule has 0 aliphatic rings. The van der Waals surface area contributed by atoms with Crippen molar-refractivity contribution in [3.63, 3.8) is 0 Å². The molecule has 16 heteroatoms. The fourth-order valence-electron chi connectivity index (χ4n) is 5.09. The van der Waals surface area contributed by atoms with Crippen LogP contribution in [0.2, 0.25) is 0 Å². The molecule has 0 atom stereocenters. The Morgan fingerprint density at radius 2 is 1.20 bits per heavy atom. The summed E-state index contributed by atoms with van der Waals surface area (Å²) in [7, 11) is 0. The maximum Gasteiger partial charge on any atom is 0.317 e. The third-order valence-electron chi connectivity index (χ3n) is 7.35. The van der Waals surface area contributed by atoms with E-state index in [0.29, 0.717) is 28.1 Å². The molecule has 0 aliphatic heterocycles. The molecule has 0 saturated heterocycles. The van der Waals surface area contributed by atoms with Gasteiger partial charge >= 0.3 is 23.9 Å². The predicted octanol–water partition coefficient (Wildman–Crippen LogP) is 0.948. The maximum atomic E-state index is 12.9. The number of aliphatic carboxylic acids is 4. The van der Waals surface area contributed by atoms with Crippen molar-refractivity contribution in [2.75, 3.05) is 70.0 Å². The minimum atomic E-state index is -1.24. The molecule has 1 amide bonds. The van der Waals surface area contributed by atoms with Crippen LogP contribution in [0.4, 0.5) is 11.4 Å². The number of aromatic nitrogens is 2. The summed E-state index contributed by atoms with van der Waals surface area (Å²) in [5, 5.41) is 41.3. The van der Waals surface area contributed by atoms with Gasteiger partial charge in [-0.2, -0.15) is 0 Å². The van der Waals surface area contributed by atoms with Crippen molar-refractivity contribution in [2.24, 2.45) is 0 Å². The van der Waals surface area contributed by atoms with Gasteiger partial charge in [-0.3, -0.25) is 43.7 Å². The van der Waals surface area contributed by atoms with Crippen molar-refractivity contribution in [1.82, 2.24) is 24.7 Å². The number of fused-ring (bicyclic) bond motifs is 3. The highest BCUT2D eigenvalue weighted by Gasteiger charge is 2.20. The van der Waals surface area contributed by atoms with Gasteiger partial charge in [-0.15, -0.1) is 0 Å². The smallest absolute Gasteiger partial charge is 0.317 e. The van der Waals surface area contributed by atoms with Crippen LogP contribution in [0.15, 0.2) is 60.8 Å². The van der Waals surface area contributed by atoms with Crippen molar-refractivity contribution in [3.05, 3.63) is 72.1 Å². The van der Waals surface area contributed by atoms with E-state index < -0.39 is 56.0 Å². The van der Waals surface area contributed by atoms with Crippen LogP contribution in [-0.2, 0) is 24.0 Å². The highest BCUT2D eigenvalue weighted by atomic mass is 16.4. The molecule has 0 saturated carbocycles. The van der Waals surface area contributed by atoms with Gasteiger partial charge < -0.3 is 31.5 Å². The first-order valence-electron chi connectivity index (χ1n) is 15.3. The number of nitrogens with one attached hydrogen (secondary N) is 1. The summed E-state index contributed by atoms with van der Waals surface area (Å²) in [5.41, 5.74) is 9.51. The summed E-state index contributed by atoms with van der Waals surface area (Å²) in [6.07, 6.45) is 1.70. The molecular weight excluding hydrogens is 650 g/mol. The zero-order chi connectivity index (χ0) is 36.2. The first-order chi connectivity index (χ1) is 23.9. The van der Waals surface area contributed by atoms with Crippen molar-refractivity contribution < 1.29 is 44.4 Å². The molecule has 2 heterocycles. The molecule has 0 radical (unpaired) electrons. The Morgan fingerprint density at radius 1 is 0.660 bits per heavy atom. The average molecular weight is 686 g/mol. The zero-order valence-corrected chi connectivity index (χ0v) is 26.8. The van der Waals surface area contributed by atoms with Crippen molar-refractivity contribution in [1.29, 1.82) is 0 Å². The summed E-state index contributed by atoms with van der Waals surface area (Å²) in [6.45, 7) is -2.49. The number of nitrogens with zero attached hydrogens (tertiary/aromatic N) is 5. The number of rotatable bonds is 17. The summed E-state index contributed by atoms with van der Waals surface area (Å²) in [4.78, 5) is 70.9. The fourth-order valence-corrected chi connectivity index (χ4v) is 5.09. The van der Waals surface area contributed by atoms with Crippen LogP contribution in [0.1, 0.15) is 11.3 Å². The minimum Gasteiger partial charge on any atom is -0.480 e. The molecule has 2 aromatic heterocycles. The van der Waals surface area contributed by atoms with Crippen LogP contribution in [-0.4, -0.2) is 134 Å². The van der Waals surface area contributed by atoms with E-state index in [0.717, 1.165) is 21.2 Å². The number of pyridine rings is 2. The molecule has 0 fully saturated rings. The SMILES string of the molecule is Nc1cc2ccc3cccnc3c2nc1C#Cc1ccc(NC(=O)CN(CCN(CCN(CC(=O)O)CC(=O)O)CC(=O)O)CC(=O)O)cc1. The number of anilines is 2. The number of amides is 1. The molecule has 16 nitrogen and oxygen atoms in total. The number of hydrogen-bond acceptors (Lipinski definition) is 11. The second-order valence-electron chi connectivity index (χ2n) is 11.3. The number of hydrogen-bond donors (Lipinski definition) is 6. The third kappa shape index (κ3) is 11.2. The van der Waals surface area contributed by atoms with E-state index >= 15 is 0 Å². The molecule has 0 aliphatic carbocycles. The average Bonchev–Trinajstić information content (AvgIpc) is 3.04. The van der Waals surface area contributed by atoms with E-state index in [2.05, 4.69) is 27.1 Å². The summed E-state index contributed by atoms with van der Waals surface area (Å²) < 4.78 is 0. The molecule has 0 unspecified atom stereocenters. The van der Waals surface area contributed by atoms with Gasteiger partial charge in [0.15, 0.2) is 0 Å². The predicted molar refractivity (Wildman–Crippen MR) is 182 cm³/mol. The number of carbonyl (C=O) groups excluding carboxylic acids is 1. The third-order valence-corrected chi connectivity index (χ3v) is 7.35. The summed E-state index contributed by atoms with van der Waals surface area (Å²) >= 11 is 0. The van der Waals surface area contributed by atoms with Crippen LogP contribution in [0, 0.1) is 11.8 Å². The van der Waals surface area contributed by atoms with E-state index in [1.807, 2.05) is 24.3 Å². The lowest BCUT2D eigenvalue weighted by molar-refractivity contribution is -0.143. The van der Waals surface area contributed by atoms with Gasteiger partial charge in [0.2, 0.25) is 5.91 Å². The maximum absolute atomic E-state index is 12.9. The Hall–Kier alpha value is -6.15. The lowest BCUT2D eigenvalue weighted by atomic mass is 10.1. The molecule has 7 N–H and O–H groups in total. The minimum absolute atomic E-state index is 0.00710. The molecule has 50 heavy (non-hydrogen) atoms. The highest BCUT2D eigenvalue weighted by molar-refractivity contribution is 6.03. The number of carbonyl (C=O) groups is 5. The van der Waals surface area contributed by atoms with Crippen molar-refractivity contribution in [3.8, 4) is 11.8 Å². The number of carboxylic acid groups (broad SMARTS) is 4. The number of benzene rings is 2. The van der Waals surface area contributed by atoms with E-state index in [1.165, 1.54) is 9.80 Å². The number of nitrogens with two attached hydrogens (primary N) is 1. The Morgan fingerprint density at radius 3 is 1.80 bits per heavy atom. The summed E-state index contributed by atoms with van der Waals surface area (Å²) in [5.74, 6) is 0.623. The standard InChI is InChI=1S/C34H35N7O9/c35-26-16-24-7-6-23-2-1-11-36-33(23)34(24)38-27(26)10-5-22-3-8-25(9-4-22)37-28(42)17-40(19-30(45)46)14-12-39(18-29(43)44)13-15-41(20-31(47)48)21-32(49)50/h1-4,6-9,11,16H,12-15,17-21,35H2,(H,37,42)(H,43,44)(H,45,46)(H,47,48)(H,49,50). The number of nitrogen functional groups attached to an aromatic ring is 1. The molecule has 0 spiro atoms. The monoisotopic (exact) mass is 685 g/mol. The van der Waals surface area contributed by atoms with E-state index in [-0.39, 0.29) is 32.7 Å². The van der Waals surface area contributed by atoms with Gasteiger partial charge in [0.25, 0.3) is 0 Å². The second-order valence-corrected chi connectivity index (χ2v) is 11.3. The fraction of sp³-hybridized carbons (Fsp3) is 0.265. The Labute approximate surface area is 285 Å². The first kappa shape index (κ1) is 36.7. The Bertz CT molecular complexity index is 1940. The van der Waals surface area contributed by atoms with E-state index in [1.54, 1.807) is 36.5 Å². The Kier molecular flexibility index (Phi) is 12.7. The highest BCUT2D eigenvalue weighted by Crippen LogP contribution is 2.25. The molecule has 4 rings (SSSR count). The molecule has 0 bridgehead atoms. The lowest BCUT2D eigenvalue weighted by Gasteiger charge is -2.27. The molecule has 4 aromatic rings. The van der Waals surface area contributed by atoms with Crippen molar-refractivity contribution in [2.45, 2.75) is 0 Å². The zero-order valence-electron chi connectivity index (χ0n) is 26.8. The van der Waals surface area contributed by atoms with Gasteiger partial charge in [-0.25, -0.2) is 4.98 Å². The van der Waals surface area contributed by atoms with Crippen LogP contribution in [0.5, 0.6) is 0 Å². The topological polar surface area (TPSA) is 240 Å². The van der Waals surface area contributed by atoms with Gasteiger partial charge in [0.05, 0.1) is 49.4 Å². The normalized spacial score (nSPS) is 11.1. The Balaban J connectivity index is 1.37. The van der Waals surface area contributed by atoms with Crippen LogP contribution in [0.3, 0.4) is 0 Å². The largest absolute Gasteiger partial charge is 0.480 e. The van der Waals surface area contributed by atoms with E-state index in [9.17, 15) is 34.2 Å². The number of carboxylic acids is 4. The lowest BCUT2D eigenvalue weighted by Crippen LogP contribution is -2.46. The quantitative estimate of drug-likeness (QED) is 0.0670. The molecule has 260 valence electrons.